The SMILES string of the molecule is O=C(Nc1ccc(F)c(Br)c1)c1cc2sccc2s1. The average Bonchev–Trinajstić information content (AvgIpc) is 2.94. The maximum atomic E-state index is 13.1. The number of fused-ring (bicyclic) bond motifs is 1. The normalized spacial score (nSPS) is 10.8. The molecule has 0 aliphatic rings. The third-order valence-electron chi connectivity index (χ3n) is 2.54. The first-order valence-corrected chi connectivity index (χ1v) is 7.86. The van der Waals surface area contributed by atoms with E-state index < -0.39 is 0 Å². The van der Waals surface area contributed by atoms with E-state index in [2.05, 4.69) is 21.2 Å². The lowest BCUT2D eigenvalue weighted by Crippen LogP contribution is -2.10. The van der Waals surface area contributed by atoms with E-state index in [1.165, 1.54) is 23.5 Å². The highest BCUT2D eigenvalue weighted by Gasteiger charge is 2.11. The van der Waals surface area contributed by atoms with Crippen LogP contribution in [0.25, 0.3) is 9.40 Å². The molecule has 0 bridgehead atoms. The highest BCUT2D eigenvalue weighted by atomic mass is 79.9. The molecule has 19 heavy (non-hydrogen) atoms. The quantitative estimate of drug-likeness (QED) is 0.679. The summed E-state index contributed by atoms with van der Waals surface area (Å²) in [5.41, 5.74) is 0.565. The predicted molar refractivity (Wildman–Crippen MR) is 81.8 cm³/mol. The van der Waals surface area contributed by atoms with Crippen LogP contribution in [0.3, 0.4) is 0 Å². The summed E-state index contributed by atoms with van der Waals surface area (Å²) in [5, 5.41) is 4.76. The van der Waals surface area contributed by atoms with Crippen molar-refractivity contribution < 1.29 is 9.18 Å². The zero-order chi connectivity index (χ0) is 13.4. The van der Waals surface area contributed by atoms with Gasteiger partial charge in [0.15, 0.2) is 0 Å². The maximum absolute atomic E-state index is 13.1. The van der Waals surface area contributed by atoms with Crippen LogP contribution in [-0.4, -0.2) is 5.91 Å². The molecule has 1 N–H and O–H groups in total. The Labute approximate surface area is 125 Å². The molecule has 96 valence electrons. The van der Waals surface area contributed by atoms with Crippen molar-refractivity contribution in [1.29, 1.82) is 0 Å². The Morgan fingerprint density at radius 3 is 2.79 bits per heavy atom. The molecule has 1 amide bonds. The Balaban J connectivity index is 1.84. The van der Waals surface area contributed by atoms with Gasteiger partial charge in [-0.15, -0.1) is 22.7 Å². The molecule has 3 rings (SSSR count). The summed E-state index contributed by atoms with van der Waals surface area (Å²) in [6.45, 7) is 0. The van der Waals surface area contributed by atoms with Gasteiger partial charge in [-0.3, -0.25) is 4.79 Å². The van der Waals surface area contributed by atoms with E-state index in [4.69, 9.17) is 0 Å². The van der Waals surface area contributed by atoms with Crippen LogP contribution in [0.4, 0.5) is 10.1 Å². The van der Waals surface area contributed by atoms with Gasteiger partial charge in [0.25, 0.3) is 5.91 Å². The fraction of sp³-hybridized carbons (Fsp3) is 0. The summed E-state index contributed by atoms with van der Waals surface area (Å²) >= 11 is 6.15. The molecular formula is C13H7BrFNOS2. The summed E-state index contributed by atoms with van der Waals surface area (Å²) in [5.74, 6) is -0.526. The van der Waals surface area contributed by atoms with Gasteiger partial charge in [0.05, 0.1) is 9.35 Å². The van der Waals surface area contributed by atoms with E-state index in [1.807, 2.05) is 17.5 Å². The lowest BCUT2D eigenvalue weighted by atomic mass is 10.3. The summed E-state index contributed by atoms with van der Waals surface area (Å²) in [4.78, 5) is 12.7. The minimum absolute atomic E-state index is 0.174. The van der Waals surface area contributed by atoms with Crippen LogP contribution in [0.1, 0.15) is 9.67 Å². The average molecular weight is 356 g/mol. The zero-order valence-electron chi connectivity index (χ0n) is 9.44. The van der Waals surface area contributed by atoms with Crippen molar-refractivity contribution >= 4 is 59.6 Å². The minimum atomic E-state index is -0.352. The van der Waals surface area contributed by atoms with Gasteiger partial charge in [0.2, 0.25) is 0 Å². The monoisotopic (exact) mass is 355 g/mol. The van der Waals surface area contributed by atoms with E-state index in [-0.39, 0.29) is 11.7 Å². The van der Waals surface area contributed by atoms with Crippen LogP contribution in [0, 0.1) is 5.82 Å². The topological polar surface area (TPSA) is 29.1 Å². The Hall–Kier alpha value is -1.24. The first-order valence-electron chi connectivity index (χ1n) is 5.37. The molecule has 2 aromatic heterocycles. The number of carbonyl (C=O) groups excluding carboxylic acids is 1. The van der Waals surface area contributed by atoms with Crippen LogP contribution < -0.4 is 5.32 Å². The second kappa shape index (κ2) is 5.03. The largest absolute Gasteiger partial charge is 0.321 e. The van der Waals surface area contributed by atoms with Crippen molar-refractivity contribution in [3.05, 3.63) is 50.9 Å². The number of halogens is 2. The number of nitrogens with one attached hydrogen (secondary N) is 1. The molecule has 6 heteroatoms. The summed E-state index contributed by atoms with van der Waals surface area (Å²) in [6.07, 6.45) is 0. The fourth-order valence-corrected chi connectivity index (χ4v) is 4.03. The van der Waals surface area contributed by atoms with Crippen LogP contribution in [-0.2, 0) is 0 Å². The number of anilines is 1. The van der Waals surface area contributed by atoms with Crippen LogP contribution in [0.2, 0.25) is 0 Å². The molecule has 3 aromatic rings. The Morgan fingerprint density at radius 2 is 2.05 bits per heavy atom. The summed E-state index contributed by atoms with van der Waals surface area (Å²) < 4.78 is 15.6. The van der Waals surface area contributed by atoms with Crippen molar-refractivity contribution in [3.63, 3.8) is 0 Å². The Morgan fingerprint density at radius 1 is 1.21 bits per heavy atom. The first kappa shape index (κ1) is 12.8. The number of benzene rings is 1. The maximum Gasteiger partial charge on any atom is 0.265 e. The number of thiophene rings is 2. The minimum Gasteiger partial charge on any atom is -0.321 e. The molecule has 2 nitrogen and oxygen atoms in total. The Kier molecular flexibility index (Phi) is 3.38. The fourth-order valence-electron chi connectivity index (χ4n) is 1.64. The number of rotatable bonds is 2. The van der Waals surface area contributed by atoms with Gasteiger partial charge >= 0.3 is 0 Å². The Bertz CT molecular complexity index is 736. The molecule has 1 aromatic carbocycles. The van der Waals surface area contributed by atoms with E-state index in [1.54, 1.807) is 17.4 Å². The summed E-state index contributed by atoms with van der Waals surface area (Å²) in [6, 6.07) is 8.26. The number of carbonyl (C=O) groups is 1. The summed E-state index contributed by atoms with van der Waals surface area (Å²) in [7, 11) is 0. The molecule has 0 saturated heterocycles. The molecule has 0 fully saturated rings. The van der Waals surface area contributed by atoms with Crippen molar-refractivity contribution in [1.82, 2.24) is 0 Å². The van der Waals surface area contributed by atoms with Gasteiger partial charge in [-0.05, 0) is 51.6 Å². The molecule has 0 saturated carbocycles. The standard InChI is InChI=1S/C13H7BrFNOS2/c14-8-5-7(1-2-9(8)15)16-13(17)12-6-11-10(19-12)3-4-18-11/h1-6H,(H,16,17). The molecule has 0 aliphatic heterocycles. The van der Waals surface area contributed by atoms with Gasteiger partial charge in [-0.25, -0.2) is 4.39 Å². The molecule has 0 aliphatic carbocycles. The first-order chi connectivity index (χ1) is 9.13. The molecule has 2 heterocycles. The van der Waals surface area contributed by atoms with Crippen LogP contribution >= 0.6 is 38.6 Å². The molecule has 0 radical (unpaired) electrons. The molecule has 0 atom stereocenters. The molecule has 0 spiro atoms. The van der Waals surface area contributed by atoms with Gasteiger partial charge < -0.3 is 5.32 Å². The van der Waals surface area contributed by atoms with Crippen molar-refractivity contribution in [2.75, 3.05) is 5.32 Å². The second-order valence-electron chi connectivity index (χ2n) is 3.84. The number of amides is 1. The highest BCUT2D eigenvalue weighted by molar-refractivity contribution is 9.10. The third kappa shape index (κ3) is 2.56. The predicted octanol–water partition coefficient (Wildman–Crippen LogP) is 5.12. The van der Waals surface area contributed by atoms with Gasteiger partial charge in [-0.2, -0.15) is 0 Å². The second-order valence-corrected chi connectivity index (χ2v) is 6.73. The zero-order valence-corrected chi connectivity index (χ0v) is 12.7. The third-order valence-corrected chi connectivity index (χ3v) is 5.24. The van der Waals surface area contributed by atoms with Gasteiger partial charge in [0, 0.05) is 15.1 Å². The van der Waals surface area contributed by atoms with Gasteiger partial charge in [-0.1, -0.05) is 0 Å². The lowest BCUT2D eigenvalue weighted by molar-refractivity contribution is 0.103. The van der Waals surface area contributed by atoms with E-state index in [0.717, 1.165) is 9.40 Å². The van der Waals surface area contributed by atoms with Crippen LogP contribution in [0.5, 0.6) is 0 Å². The lowest BCUT2D eigenvalue weighted by Gasteiger charge is -2.04. The smallest absolute Gasteiger partial charge is 0.265 e. The van der Waals surface area contributed by atoms with Crippen LogP contribution in [0.15, 0.2) is 40.2 Å². The van der Waals surface area contributed by atoms with E-state index >= 15 is 0 Å². The van der Waals surface area contributed by atoms with E-state index in [9.17, 15) is 9.18 Å². The highest BCUT2D eigenvalue weighted by Crippen LogP contribution is 2.30. The van der Waals surface area contributed by atoms with Crippen molar-refractivity contribution in [2.45, 2.75) is 0 Å². The van der Waals surface area contributed by atoms with E-state index in [0.29, 0.717) is 15.0 Å². The van der Waals surface area contributed by atoms with Crippen molar-refractivity contribution in [3.8, 4) is 0 Å². The molecular weight excluding hydrogens is 349 g/mol. The number of hydrogen-bond acceptors (Lipinski definition) is 3. The van der Waals surface area contributed by atoms with Crippen molar-refractivity contribution in [2.24, 2.45) is 0 Å². The number of hydrogen-bond donors (Lipinski definition) is 1. The molecule has 0 unspecified atom stereocenters. The van der Waals surface area contributed by atoms with Gasteiger partial charge in [0.1, 0.15) is 5.82 Å².